The zero-order valence-corrected chi connectivity index (χ0v) is 19.6. The third kappa shape index (κ3) is 5.41. The summed E-state index contributed by atoms with van der Waals surface area (Å²) in [6.45, 7) is 2.16. The van der Waals surface area contributed by atoms with Crippen LogP contribution in [0.3, 0.4) is 0 Å². The average molecular weight is 457 g/mol. The van der Waals surface area contributed by atoms with Gasteiger partial charge >= 0.3 is 0 Å². The number of para-hydroxylation sites is 1. The number of piperidine rings is 1. The van der Waals surface area contributed by atoms with Crippen molar-refractivity contribution in [3.05, 3.63) is 78.0 Å². The first-order valence-electron chi connectivity index (χ1n) is 12.5. The van der Waals surface area contributed by atoms with Gasteiger partial charge in [-0.2, -0.15) is 0 Å². The number of benzene rings is 2. The number of nitrogens with zero attached hydrogens (tertiary/aromatic N) is 2. The molecule has 3 aromatic rings. The van der Waals surface area contributed by atoms with E-state index in [9.17, 15) is 4.79 Å². The quantitative estimate of drug-likeness (QED) is 0.420. The summed E-state index contributed by atoms with van der Waals surface area (Å²) >= 11 is 0. The van der Waals surface area contributed by atoms with Gasteiger partial charge in [-0.05, 0) is 74.8 Å². The van der Waals surface area contributed by atoms with Crippen LogP contribution in [0.4, 0.5) is 0 Å². The van der Waals surface area contributed by atoms with E-state index in [1.165, 1.54) is 19.3 Å². The maximum absolute atomic E-state index is 12.7. The molecule has 5 heteroatoms. The summed E-state index contributed by atoms with van der Waals surface area (Å²) in [6.07, 6.45) is 10.3. The highest BCUT2D eigenvalue weighted by molar-refractivity contribution is 5.94. The van der Waals surface area contributed by atoms with Gasteiger partial charge in [0.1, 0.15) is 18.5 Å². The van der Waals surface area contributed by atoms with Crippen molar-refractivity contribution in [3.63, 3.8) is 0 Å². The molecule has 1 aliphatic heterocycles. The first-order chi connectivity index (χ1) is 16.8. The van der Waals surface area contributed by atoms with Crippen LogP contribution in [-0.2, 0) is 6.61 Å². The van der Waals surface area contributed by atoms with Gasteiger partial charge in [0.25, 0.3) is 5.91 Å². The monoisotopic (exact) mass is 456 g/mol. The SMILES string of the molecule is O=C(c1ccc(COc2ccccc2-c2ccc(OC3CCCC3)nc2)cc1)N1CCCCC1. The van der Waals surface area contributed by atoms with Crippen molar-refractivity contribution in [2.45, 2.75) is 57.7 Å². The number of hydrogen-bond acceptors (Lipinski definition) is 4. The van der Waals surface area contributed by atoms with E-state index in [4.69, 9.17) is 9.47 Å². The Morgan fingerprint density at radius 3 is 2.38 bits per heavy atom. The summed E-state index contributed by atoms with van der Waals surface area (Å²) in [7, 11) is 0. The molecule has 1 aromatic heterocycles. The molecule has 0 N–H and O–H groups in total. The van der Waals surface area contributed by atoms with Crippen molar-refractivity contribution in [1.29, 1.82) is 0 Å². The molecule has 1 saturated heterocycles. The van der Waals surface area contributed by atoms with Gasteiger partial charge < -0.3 is 14.4 Å². The van der Waals surface area contributed by atoms with Crippen LogP contribution in [0.1, 0.15) is 60.9 Å². The van der Waals surface area contributed by atoms with E-state index in [0.29, 0.717) is 18.6 Å². The predicted octanol–water partition coefficient (Wildman–Crippen LogP) is 6.28. The van der Waals surface area contributed by atoms with Crippen LogP contribution in [0.2, 0.25) is 0 Å². The Bertz CT molecular complexity index is 1080. The van der Waals surface area contributed by atoms with Gasteiger partial charge in [-0.15, -0.1) is 0 Å². The van der Waals surface area contributed by atoms with Crippen LogP contribution in [0, 0.1) is 0 Å². The van der Waals surface area contributed by atoms with Crippen molar-refractivity contribution in [1.82, 2.24) is 9.88 Å². The van der Waals surface area contributed by atoms with Gasteiger partial charge in [-0.25, -0.2) is 4.98 Å². The van der Waals surface area contributed by atoms with Crippen molar-refractivity contribution in [2.24, 2.45) is 0 Å². The average Bonchev–Trinajstić information content (AvgIpc) is 3.42. The van der Waals surface area contributed by atoms with Crippen LogP contribution in [-0.4, -0.2) is 35.0 Å². The molecular formula is C29H32N2O3. The third-order valence-corrected chi connectivity index (χ3v) is 6.76. The molecule has 0 spiro atoms. The molecule has 5 rings (SSSR count). The van der Waals surface area contributed by atoms with Crippen LogP contribution in [0.15, 0.2) is 66.9 Å². The Labute approximate surface area is 201 Å². The summed E-state index contributed by atoms with van der Waals surface area (Å²) in [5.41, 5.74) is 3.77. The van der Waals surface area contributed by atoms with Gasteiger partial charge in [0.2, 0.25) is 5.88 Å². The maximum atomic E-state index is 12.7. The number of hydrogen-bond donors (Lipinski definition) is 0. The first-order valence-corrected chi connectivity index (χ1v) is 12.5. The van der Waals surface area contributed by atoms with Gasteiger partial charge in [0.15, 0.2) is 0 Å². The lowest BCUT2D eigenvalue weighted by Crippen LogP contribution is -2.35. The lowest BCUT2D eigenvalue weighted by Gasteiger charge is -2.26. The summed E-state index contributed by atoms with van der Waals surface area (Å²) in [4.78, 5) is 19.2. The fourth-order valence-corrected chi connectivity index (χ4v) is 4.80. The normalized spacial score (nSPS) is 16.4. The lowest BCUT2D eigenvalue weighted by molar-refractivity contribution is 0.0724. The second-order valence-corrected chi connectivity index (χ2v) is 9.24. The van der Waals surface area contributed by atoms with Crippen LogP contribution in [0.25, 0.3) is 11.1 Å². The van der Waals surface area contributed by atoms with Crippen molar-refractivity contribution >= 4 is 5.91 Å². The Hall–Kier alpha value is -3.34. The number of carbonyl (C=O) groups is 1. The molecule has 2 aromatic carbocycles. The van der Waals surface area contributed by atoms with E-state index in [0.717, 1.165) is 66.8 Å². The number of rotatable bonds is 7. The molecule has 0 radical (unpaired) electrons. The molecule has 1 aliphatic carbocycles. The van der Waals surface area contributed by atoms with Crippen LogP contribution >= 0.6 is 0 Å². The summed E-state index contributed by atoms with van der Waals surface area (Å²) in [5.74, 6) is 1.63. The Morgan fingerprint density at radius 1 is 0.882 bits per heavy atom. The minimum absolute atomic E-state index is 0.130. The lowest BCUT2D eigenvalue weighted by atomic mass is 10.1. The number of amides is 1. The molecule has 0 unspecified atom stereocenters. The number of ether oxygens (including phenoxy) is 2. The second kappa shape index (κ2) is 10.7. The van der Waals surface area contributed by atoms with Gasteiger partial charge in [0, 0.05) is 42.0 Å². The fraction of sp³-hybridized carbons (Fsp3) is 0.379. The highest BCUT2D eigenvalue weighted by Crippen LogP contribution is 2.31. The summed E-state index contributed by atoms with van der Waals surface area (Å²) in [6, 6.07) is 19.8. The van der Waals surface area contributed by atoms with Gasteiger partial charge in [-0.1, -0.05) is 30.3 Å². The maximum Gasteiger partial charge on any atom is 0.253 e. The molecule has 5 nitrogen and oxygen atoms in total. The zero-order valence-electron chi connectivity index (χ0n) is 19.6. The van der Waals surface area contributed by atoms with Crippen molar-refractivity contribution in [2.75, 3.05) is 13.1 Å². The summed E-state index contributed by atoms with van der Waals surface area (Å²) < 4.78 is 12.2. The van der Waals surface area contributed by atoms with Gasteiger partial charge in [-0.3, -0.25) is 4.79 Å². The first kappa shape index (κ1) is 22.5. The number of carbonyl (C=O) groups excluding carboxylic acids is 1. The topological polar surface area (TPSA) is 51.7 Å². The fourth-order valence-electron chi connectivity index (χ4n) is 4.80. The van der Waals surface area contributed by atoms with Crippen LogP contribution < -0.4 is 9.47 Å². The molecule has 2 aliphatic rings. The van der Waals surface area contributed by atoms with E-state index in [1.807, 2.05) is 71.8 Å². The Kier molecular flexibility index (Phi) is 7.08. The largest absolute Gasteiger partial charge is 0.488 e. The standard InChI is InChI=1S/C29H32N2O3/c32-29(31-18-6-1-7-19-31)23-14-12-22(13-15-23)21-33-27-11-5-4-10-26(27)24-16-17-28(30-20-24)34-25-8-2-3-9-25/h4-5,10-17,20,25H,1-3,6-9,18-19,21H2. The second-order valence-electron chi connectivity index (χ2n) is 9.24. The molecule has 176 valence electrons. The third-order valence-electron chi connectivity index (χ3n) is 6.76. The Morgan fingerprint density at radius 2 is 1.65 bits per heavy atom. The van der Waals surface area contributed by atoms with Crippen molar-refractivity contribution < 1.29 is 14.3 Å². The van der Waals surface area contributed by atoms with E-state index >= 15 is 0 Å². The molecule has 2 fully saturated rings. The number of likely N-dealkylation sites (tertiary alicyclic amines) is 1. The Balaban J connectivity index is 1.22. The highest BCUT2D eigenvalue weighted by atomic mass is 16.5. The highest BCUT2D eigenvalue weighted by Gasteiger charge is 2.18. The van der Waals surface area contributed by atoms with E-state index < -0.39 is 0 Å². The van der Waals surface area contributed by atoms with Crippen molar-refractivity contribution in [3.8, 4) is 22.8 Å². The van der Waals surface area contributed by atoms with E-state index in [2.05, 4.69) is 4.98 Å². The molecule has 34 heavy (non-hydrogen) atoms. The van der Waals surface area contributed by atoms with Gasteiger partial charge in [0.05, 0.1) is 0 Å². The molecular weight excluding hydrogens is 424 g/mol. The molecule has 2 heterocycles. The molecule has 1 saturated carbocycles. The summed E-state index contributed by atoms with van der Waals surface area (Å²) in [5, 5.41) is 0. The molecule has 0 bridgehead atoms. The predicted molar refractivity (Wildman–Crippen MR) is 133 cm³/mol. The minimum atomic E-state index is 0.130. The molecule has 1 amide bonds. The van der Waals surface area contributed by atoms with E-state index in [1.54, 1.807) is 0 Å². The number of pyridine rings is 1. The molecule has 0 atom stereocenters. The van der Waals surface area contributed by atoms with Crippen LogP contribution in [0.5, 0.6) is 11.6 Å². The number of aromatic nitrogens is 1. The minimum Gasteiger partial charge on any atom is -0.488 e. The zero-order chi connectivity index (χ0) is 23.2. The smallest absolute Gasteiger partial charge is 0.253 e. The van der Waals surface area contributed by atoms with E-state index in [-0.39, 0.29) is 5.91 Å².